The van der Waals surface area contributed by atoms with Crippen LogP contribution >= 0.6 is 11.3 Å². The third-order valence-electron chi connectivity index (χ3n) is 4.60. The van der Waals surface area contributed by atoms with Gasteiger partial charge in [-0.1, -0.05) is 12.5 Å². The largest absolute Gasteiger partial charge is 0.356 e. The number of thiophene rings is 1. The predicted molar refractivity (Wildman–Crippen MR) is 103 cm³/mol. The lowest BCUT2D eigenvalue weighted by Crippen LogP contribution is -2.39. The maximum absolute atomic E-state index is 4.40. The number of hydrogen-bond donors (Lipinski definition) is 2. The van der Waals surface area contributed by atoms with Crippen LogP contribution in [0.5, 0.6) is 0 Å². The molecule has 0 bridgehead atoms. The second-order valence-corrected chi connectivity index (χ2v) is 7.46. The van der Waals surface area contributed by atoms with Crippen molar-refractivity contribution >= 4 is 17.3 Å². The van der Waals surface area contributed by atoms with Gasteiger partial charge in [-0.25, -0.2) is 0 Å². The van der Waals surface area contributed by atoms with E-state index in [2.05, 4.69) is 54.8 Å². The molecule has 0 saturated carbocycles. The van der Waals surface area contributed by atoms with Crippen molar-refractivity contribution in [3.05, 3.63) is 34.0 Å². The molecule has 3 heterocycles. The van der Waals surface area contributed by atoms with Crippen LogP contribution in [0.2, 0.25) is 0 Å². The van der Waals surface area contributed by atoms with E-state index in [1.54, 1.807) is 11.3 Å². The summed E-state index contributed by atoms with van der Waals surface area (Å²) in [7, 11) is 1.81. The molecule has 0 saturated heterocycles. The SMILES string of the molecule is CN=C(NCCCc1nnc2n1CCCCC2)NC(C)c1cccs1. The van der Waals surface area contributed by atoms with Gasteiger partial charge in [-0.3, -0.25) is 4.99 Å². The normalized spacial score (nSPS) is 16.2. The van der Waals surface area contributed by atoms with Crippen molar-refractivity contribution in [3.63, 3.8) is 0 Å². The molecule has 0 amide bonds. The second kappa shape index (κ2) is 8.99. The summed E-state index contributed by atoms with van der Waals surface area (Å²) in [5.41, 5.74) is 0. The Balaban J connectivity index is 1.44. The summed E-state index contributed by atoms with van der Waals surface area (Å²) in [6, 6.07) is 4.49. The van der Waals surface area contributed by atoms with Crippen molar-refractivity contribution in [2.24, 2.45) is 4.99 Å². The molecule has 25 heavy (non-hydrogen) atoms. The van der Waals surface area contributed by atoms with Crippen LogP contribution in [0.25, 0.3) is 0 Å². The van der Waals surface area contributed by atoms with Gasteiger partial charge in [0, 0.05) is 37.9 Å². The average molecular weight is 361 g/mol. The smallest absolute Gasteiger partial charge is 0.191 e. The fourth-order valence-electron chi connectivity index (χ4n) is 3.19. The van der Waals surface area contributed by atoms with Crippen LogP contribution in [-0.2, 0) is 19.4 Å². The van der Waals surface area contributed by atoms with Crippen molar-refractivity contribution in [1.29, 1.82) is 0 Å². The van der Waals surface area contributed by atoms with Gasteiger partial charge >= 0.3 is 0 Å². The third-order valence-corrected chi connectivity index (χ3v) is 5.66. The number of aliphatic imine (C=N–C) groups is 1. The molecule has 1 atom stereocenters. The highest BCUT2D eigenvalue weighted by Crippen LogP contribution is 2.18. The topological polar surface area (TPSA) is 67.1 Å². The summed E-state index contributed by atoms with van der Waals surface area (Å²) in [5, 5.41) is 17.7. The van der Waals surface area contributed by atoms with Gasteiger partial charge < -0.3 is 15.2 Å². The summed E-state index contributed by atoms with van der Waals surface area (Å²) in [6.45, 7) is 4.11. The van der Waals surface area contributed by atoms with Crippen LogP contribution in [0.15, 0.2) is 22.5 Å². The van der Waals surface area contributed by atoms with Gasteiger partial charge in [-0.05, 0) is 37.6 Å². The maximum Gasteiger partial charge on any atom is 0.191 e. The fourth-order valence-corrected chi connectivity index (χ4v) is 3.93. The number of aryl methyl sites for hydroxylation is 2. The van der Waals surface area contributed by atoms with E-state index < -0.39 is 0 Å². The van der Waals surface area contributed by atoms with E-state index in [4.69, 9.17) is 0 Å². The minimum Gasteiger partial charge on any atom is -0.356 e. The highest BCUT2D eigenvalue weighted by molar-refractivity contribution is 7.10. The van der Waals surface area contributed by atoms with E-state index in [-0.39, 0.29) is 6.04 Å². The summed E-state index contributed by atoms with van der Waals surface area (Å²) in [4.78, 5) is 5.63. The average Bonchev–Trinajstić information content (AvgIpc) is 3.23. The third kappa shape index (κ3) is 4.81. The van der Waals surface area contributed by atoms with Gasteiger partial charge in [-0.2, -0.15) is 0 Å². The molecule has 2 aromatic heterocycles. The van der Waals surface area contributed by atoms with Crippen molar-refractivity contribution < 1.29 is 0 Å². The van der Waals surface area contributed by atoms with E-state index >= 15 is 0 Å². The fraction of sp³-hybridized carbons (Fsp3) is 0.611. The van der Waals surface area contributed by atoms with Gasteiger partial charge in [0.2, 0.25) is 0 Å². The molecular weight excluding hydrogens is 332 g/mol. The maximum atomic E-state index is 4.40. The van der Waals surface area contributed by atoms with E-state index in [1.165, 1.54) is 30.0 Å². The highest BCUT2D eigenvalue weighted by Gasteiger charge is 2.14. The molecule has 2 aromatic rings. The number of nitrogens with one attached hydrogen (secondary N) is 2. The van der Waals surface area contributed by atoms with Crippen molar-refractivity contribution in [1.82, 2.24) is 25.4 Å². The van der Waals surface area contributed by atoms with E-state index in [9.17, 15) is 0 Å². The molecule has 6 nitrogen and oxygen atoms in total. The van der Waals surface area contributed by atoms with Crippen LogP contribution in [0, 0.1) is 0 Å². The lowest BCUT2D eigenvalue weighted by molar-refractivity contribution is 0.592. The molecular formula is C18H28N6S. The molecule has 136 valence electrons. The molecule has 3 rings (SSSR count). The molecule has 2 N–H and O–H groups in total. The zero-order valence-electron chi connectivity index (χ0n) is 15.2. The number of aromatic nitrogens is 3. The lowest BCUT2D eigenvalue weighted by Gasteiger charge is -2.17. The molecule has 0 spiro atoms. The minimum atomic E-state index is 0.262. The van der Waals surface area contributed by atoms with Gasteiger partial charge in [0.25, 0.3) is 0 Å². The van der Waals surface area contributed by atoms with E-state index in [0.29, 0.717) is 0 Å². The second-order valence-electron chi connectivity index (χ2n) is 6.48. The zero-order valence-corrected chi connectivity index (χ0v) is 16.0. The van der Waals surface area contributed by atoms with Crippen molar-refractivity contribution in [3.8, 4) is 0 Å². The molecule has 1 aliphatic rings. The van der Waals surface area contributed by atoms with E-state index in [1.807, 2.05) is 7.05 Å². The van der Waals surface area contributed by atoms with Crippen LogP contribution in [0.1, 0.15) is 55.2 Å². The first-order valence-electron chi connectivity index (χ1n) is 9.19. The Bertz CT molecular complexity index is 676. The molecule has 1 unspecified atom stereocenters. The first kappa shape index (κ1) is 17.9. The first-order chi connectivity index (χ1) is 12.3. The zero-order chi connectivity index (χ0) is 17.5. The van der Waals surface area contributed by atoms with Crippen molar-refractivity contribution in [2.45, 2.75) is 58.0 Å². The Morgan fingerprint density at radius 1 is 1.36 bits per heavy atom. The van der Waals surface area contributed by atoms with Gasteiger partial charge in [0.1, 0.15) is 11.6 Å². The van der Waals surface area contributed by atoms with Crippen LogP contribution < -0.4 is 10.6 Å². The van der Waals surface area contributed by atoms with Crippen molar-refractivity contribution in [2.75, 3.05) is 13.6 Å². The summed E-state index contributed by atoms with van der Waals surface area (Å²) < 4.78 is 2.33. The molecule has 0 fully saturated rings. The quantitative estimate of drug-likeness (QED) is 0.472. The molecule has 0 aromatic carbocycles. The van der Waals surface area contributed by atoms with E-state index in [0.717, 1.165) is 44.1 Å². The minimum absolute atomic E-state index is 0.262. The van der Waals surface area contributed by atoms with Crippen LogP contribution in [0.3, 0.4) is 0 Å². The standard InChI is InChI=1S/C18H28N6S/c1-14(15-8-7-13-25-15)21-18(19-2)20-11-6-10-17-23-22-16-9-4-3-5-12-24(16)17/h7-8,13-14H,3-6,9-12H2,1-2H3,(H2,19,20,21). The van der Waals surface area contributed by atoms with Crippen LogP contribution in [0.4, 0.5) is 0 Å². The summed E-state index contributed by atoms with van der Waals surface area (Å²) in [6.07, 6.45) is 6.83. The molecule has 7 heteroatoms. The Hall–Kier alpha value is -1.89. The Kier molecular flexibility index (Phi) is 6.44. The Morgan fingerprint density at radius 2 is 2.28 bits per heavy atom. The first-order valence-corrected chi connectivity index (χ1v) is 10.1. The molecule has 1 aliphatic heterocycles. The number of hydrogen-bond acceptors (Lipinski definition) is 4. The number of fused-ring (bicyclic) bond motifs is 1. The number of nitrogens with zero attached hydrogens (tertiary/aromatic N) is 4. The monoisotopic (exact) mass is 360 g/mol. The summed E-state index contributed by atoms with van der Waals surface area (Å²) >= 11 is 1.76. The highest BCUT2D eigenvalue weighted by atomic mass is 32.1. The number of rotatable bonds is 6. The van der Waals surface area contributed by atoms with Gasteiger partial charge in [-0.15, -0.1) is 21.5 Å². The lowest BCUT2D eigenvalue weighted by atomic mass is 10.2. The molecule has 0 aliphatic carbocycles. The summed E-state index contributed by atoms with van der Waals surface area (Å²) in [5.74, 6) is 3.15. The van der Waals surface area contributed by atoms with Gasteiger partial charge in [0.15, 0.2) is 5.96 Å². The Labute approximate surface area is 153 Å². The van der Waals surface area contributed by atoms with Gasteiger partial charge in [0.05, 0.1) is 6.04 Å². The molecule has 0 radical (unpaired) electrons. The predicted octanol–water partition coefficient (Wildman–Crippen LogP) is 2.92. The Morgan fingerprint density at radius 3 is 3.08 bits per heavy atom. The van der Waals surface area contributed by atoms with Crippen LogP contribution in [-0.4, -0.2) is 34.3 Å². The number of guanidine groups is 1.